The van der Waals surface area contributed by atoms with Crippen molar-refractivity contribution in [2.75, 3.05) is 0 Å². The zero-order valence-electron chi connectivity index (χ0n) is 11.3. The van der Waals surface area contributed by atoms with Gasteiger partial charge in [0.05, 0.1) is 21.4 Å². The standard InChI is InChI=1S/C15H13Cl2FN2S/c1-9(16)15-19-13-7-11(17)12(18)8-14(13)20(15)5-4-10-3-2-6-21-10/h2-3,6-9H,4-5H2,1H3. The van der Waals surface area contributed by atoms with E-state index in [1.807, 2.05) is 22.9 Å². The van der Waals surface area contributed by atoms with Gasteiger partial charge in [-0.1, -0.05) is 17.7 Å². The van der Waals surface area contributed by atoms with E-state index < -0.39 is 5.82 Å². The minimum atomic E-state index is -0.435. The number of rotatable bonds is 4. The molecule has 0 N–H and O–H groups in total. The molecule has 110 valence electrons. The van der Waals surface area contributed by atoms with E-state index in [1.54, 1.807) is 17.4 Å². The summed E-state index contributed by atoms with van der Waals surface area (Å²) in [4.78, 5) is 5.77. The van der Waals surface area contributed by atoms with E-state index in [4.69, 9.17) is 23.2 Å². The topological polar surface area (TPSA) is 17.8 Å². The molecule has 3 aromatic rings. The molecule has 21 heavy (non-hydrogen) atoms. The van der Waals surface area contributed by atoms with Crippen molar-refractivity contribution in [2.45, 2.75) is 25.3 Å². The van der Waals surface area contributed by atoms with Crippen molar-refractivity contribution in [1.29, 1.82) is 0 Å². The monoisotopic (exact) mass is 342 g/mol. The third kappa shape index (κ3) is 2.93. The maximum atomic E-state index is 13.7. The normalized spacial score (nSPS) is 13.0. The van der Waals surface area contributed by atoms with Gasteiger partial charge >= 0.3 is 0 Å². The van der Waals surface area contributed by atoms with Crippen LogP contribution in [0.3, 0.4) is 0 Å². The van der Waals surface area contributed by atoms with Crippen LogP contribution in [0.4, 0.5) is 4.39 Å². The number of halogens is 3. The molecule has 0 saturated heterocycles. The van der Waals surface area contributed by atoms with E-state index in [0.717, 1.165) is 17.8 Å². The number of alkyl halides is 1. The number of benzene rings is 1. The van der Waals surface area contributed by atoms with Crippen LogP contribution in [0.1, 0.15) is 23.0 Å². The Balaban J connectivity index is 2.04. The smallest absolute Gasteiger partial charge is 0.144 e. The van der Waals surface area contributed by atoms with Gasteiger partial charge in [-0.2, -0.15) is 0 Å². The number of hydrogen-bond acceptors (Lipinski definition) is 2. The summed E-state index contributed by atoms with van der Waals surface area (Å²) in [6.45, 7) is 2.58. The zero-order valence-corrected chi connectivity index (χ0v) is 13.6. The summed E-state index contributed by atoms with van der Waals surface area (Å²) in [6, 6.07) is 7.10. The fourth-order valence-electron chi connectivity index (χ4n) is 2.35. The Morgan fingerprint density at radius 2 is 2.24 bits per heavy atom. The number of hydrogen-bond donors (Lipinski definition) is 0. The van der Waals surface area contributed by atoms with Crippen LogP contribution in [-0.4, -0.2) is 9.55 Å². The van der Waals surface area contributed by atoms with Gasteiger partial charge in [0.15, 0.2) is 0 Å². The molecule has 2 heterocycles. The van der Waals surface area contributed by atoms with Crippen molar-refractivity contribution in [3.63, 3.8) is 0 Å². The van der Waals surface area contributed by atoms with Gasteiger partial charge in [-0.3, -0.25) is 0 Å². The lowest BCUT2D eigenvalue weighted by molar-refractivity contribution is 0.626. The highest BCUT2D eigenvalue weighted by molar-refractivity contribution is 7.09. The van der Waals surface area contributed by atoms with Gasteiger partial charge in [0, 0.05) is 17.5 Å². The molecule has 0 aliphatic carbocycles. The predicted molar refractivity (Wildman–Crippen MR) is 87.0 cm³/mol. The van der Waals surface area contributed by atoms with Crippen molar-refractivity contribution in [1.82, 2.24) is 9.55 Å². The average Bonchev–Trinajstić information content (AvgIpc) is 3.05. The Morgan fingerprint density at radius 3 is 2.90 bits per heavy atom. The SMILES string of the molecule is CC(Cl)c1nc2cc(Cl)c(F)cc2n1CCc1cccs1. The third-order valence-electron chi connectivity index (χ3n) is 3.34. The minimum Gasteiger partial charge on any atom is -0.326 e. The van der Waals surface area contributed by atoms with Gasteiger partial charge in [0.1, 0.15) is 11.6 Å². The average molecular weight is 343 g/mol. The largest absolute Gasteiger partial charge is 0.326 e. The Bertz CT molecular complexity index is 766. The summed E-state index contributed by atoms with van der Waals surface area (Å²) < 4.78 is 15.7. The lowest BCUT2D eigenvalue weighted by Gasteiger charge is -2.10. The molecule has 2 aromatic heterocycles. The van der Waals surface area contributed by atoms with Gasteiger partial charge in [-0.15, -0.1) is 22.9 Å². The van der Waals surface area contributed by atoms with Crippen LogP contribution < -0.4 is 0 Å². The zero-order chi connectivity index (χ0) is 15.0. The van der Waals surface area contributed by atoms with Crippen LogP contribution in [0.25, 0.3) is 11.0 Å². The Hall–Kier alpha value is -1.10. The highest BCUT2D eigenvalue weighted by Gasteiger charge is 2.17. The second-order valence-corrected chi connectivity index (χ2v) is 6.92. The first-order chi connectivity index (χ1) is 10.1. The molecule has 0 aliphatic rings. The number of aromatic nitrogens is 2. The van der Waals surface area contributed by atoms with Crippen molar-refractivity contribution in [2.24, 2.45) is 0 Å². The maximum absolute atomic E-state index is 13.7. The summed E-state index contributed by atoms with van der Waals surface area (Å²) in [5, 5.41) is 1.88. The van der Waals surface area contributed by atoms with Gasteiger partial charge in [0.25, 0.3) is 0 Å². The molecule has 0 bridgehead atoms. The molecular formula is C15H13Cl2FN2S. The molecule has 0 radical (unpaired) electrons. The molecule has 1 unspecified atom stereocenters. The van der Waals surface area contributed by atoms with E-state index in [9.17, 15) is 4.39 Å². The van der Waals surface area contributed by atoms with E-state index in [-0.39, 0.29) is 10.4 Å². The summed E-state index contributed by atoms with van der Waals surface area (Å²) in [5.74, 6) is 0.306. The van der Waals surface area contributed by atoms with Crippen LogP contribution in [0.15, 0.2) is 29.6 Å². The van der Waals surface area contributed by atoms with Gasteiger partial charge in [0.2, 0.25) is 0 Å². The predicted octanol–water partition coefficient (Wildman–Crippen LogP) is 5.43. The van der Waals surface area contributed by atoms with E-state index in [1.165, 1.54) is 10.9 Å². The number of aryl methyl sites for hydroxylation is 2. The molecule has 0 amide bonds. The molecule has 6 heteroatoms. The van der Waals surface area contributed by atoms with Gasteiger partial charge in [-0.25, -0.2) is 9.37 Å². The quantitative estimate of drug-likeness (QED) is 0.577. The highest BCUT2D eigenvalue weighted by Crippen LogP contribution is 2.28. The fourth-order valence-corrected chi connectivity index (χ4v) is 3.38. The van der Waals surface area contributed by atoms with E-state index >= 15 is 0 Å². The molecule has 0 spiro atoms. The molecule has 0 saturated carbocycles. The minimum absolute atomic E-state index is 0.0826. The van der Waals surface area contributed by atoms with Crippen molar-refractivity contribution < 1.29 is 4.39 Å². The number of thiophene rings is 1. The van der Waals surface area contributed by atoms with Crippen molar-refractivity contribution in [3.05, 3.63) is 51.2 Å². The highest BCUT2D eigenvalue weighted by atomic mass is 35.5. The van der Waals surface area contributed by atoms with Crippen LogP contribution in [0.5, 0.6) is 0 Å². The van der Waals surface area contributed by atoms with E-state index in [2.05, 4.69) is 11.1 Å². The van der Waals surface area contributed by atoms with Crippen LogP contribution in [-0.2, 0) is 13.0 Å². The van der Waals surface area contributed by atoms with Gasteiger partial charge in [-0.05, 0) is 30.9 Å². The molecular weight excluding hydrogens is 330 g/mol. The first-order valence-corrected chi connectivity index (χ1v) is 8.27. The molecule has 0 fully saturated rings. The lowest BCUT2D eigenvalue weighted by Crippen LogP contribution is -2.06. The summed E-state index contributed by atoms with van der Waals surface area (Å²) in [6.07, 6.45) is 0.865. The molecule has 1 atom stereocenters. The fraction of sp³-hybridized carbons (Fsp3) is 0.267. The second-order valence-electron chi connectivity index (χ2n) is 4.82. The number of nitrogens with zero attached hydrogens (tertiary/aromatic N) is 2. The van der Waals surface area contributed by atoms with Crippen LogP contribution in [0, 0.1) is 5.82 Å². The van der Waals surface area contributed by atoms with Crippen LogP contribution in [0.2, 0.25) is 5.02 Å². The second kappa shape index (κ2) is 5.95. The Labute approximate surface area is 136 Å². The maximum Gasteiger partial charge on any atom is 0.144 e. The lowest BCUT2D eigenvalue weighted by atomic mass is 10.3. The third-order valence-corrected chi connectivity index (χ3v) is 4.76. The summed E-state index contributed by atoms with van der Waals surface area (Å²) in [5.41, 5.74) is 1.41. The molecule has 1 aromatic carbocycles. The first-order valence-electron chi connectivity index (χ1n) is 6.58. The first kappa shape index (κ1) is 14.8. The van der Waals surface area contributed by atoms with Gasteiger partial charge < -0.3 is 4.57 Å². The summed E-state index contributed by atoms with van der Waals surface area (Å²) in [7, 11) is 0. The summed E-state index contributed by atoms with van der Waals surface area (Å²) >= 11 is 13.8. The van der Waals surface area contributed by atoms with E-state index in [0.29, 0.717) is 12.1 Å². The van der Waals surface area contributed by atoms with Crippen molar-refractivity contribution >= 4 is 45.6 Å². The Morgan fingerprint density at radius 1 is 1.43 bits per heavy atom. The van der Waals surface area contributed by atoms with Crippen molar-refractivity contribution in [3.8, 4) is 0 Å². The molecule has 3 rings (SSSR count). The molecule has 2 nitrogen and oxygen atoms in total. The number of fused-ring (bicyclic) bond motifs is 1. The Kier molecular flexibility index (Phi) is 4.20. The number of imidazole rings is 1. The molecule has 0 aliphatic heterocycles. The van der Waals surface area contributed by atoms with Crippen LogP contribution >= 0.6 is 34.5 Å².